The Morgan fingerprint density at radius 3 is 2.30 bits per heavy atom. The first-order valence-electron chi connectivity index (χ1n) is 9.60. The van der Waals surface area contributed by atoms with Gasteiger partial charge >= 0.3 is 11.7 Å². The second-order valence-electron chi connectivity index (χ2n) is 7.42. The smallest absolute Gasteiger partial charge is 0.329 e. The molecule has 8 heteroatoms. The van der Waals surface area contributed by atoms with Crippen LogP contribution >= 0.6 is 0 Å². The van der Waals surface area contributed by atoms with Crippen molar-refractivity contribution in [3.63, 3.8) is 0 Å². The van der Waals surface area contributed by atoms with Crippen LogP contribution in [-0.2, 0) is 16.0 Å². The minimum Gasteiger partial charge on any atom is -0.480 e. The lowest BCUT2D eigenvalue weighted by Gasteiger charge is -2.23. The van der Waals surface area contributed by atoms with E-state index in [1.165, 1.54) is 0 Å². The van der Waals surface area contributed by atoms with Gasteiger partial charge in [0.2, 0.25) is 5.91 Å². The fraction of sp³-hybridized carbons (Fsp3) is 0.273. The van der Waals surface area contributed by atoms with Crippen LogP contribution in [0.25, 0.3) is 10.9 Å². The molecule has 2 atom stereocenters. The zero-order valence-corrected chi connectivity index (χ0v) is 16.7. The topological polar surface area (TPSA) is 121 Å². The van der Waals surface area contributed by atoms with E-state index in [9.17, 15) is 24.3 Å². The number of amides is 1. The number of aromatic amines is 1. The number of nitrogens with one attached hydrogen (secondary N) is 2. The number of carbonyl (C=O) groups excluding carboxylic acids is 1. The molecule has 0 saturated heterocycles. The molecule has 2 aromatic carbocycles. The van der Waals surface area contributed by atoms with Crippen LogP contribution in [-0.4, -0.2) is 32.6 Å². The lowest BCUT2D eigenvalue weighted by Crippen LogP contribution is -2.51. The summed E-state index contributed by atoms with van der Waals surface area (Å²) in [5.41, 5.74) is -0.241. The number of fused-ring (bicyclic) bond motifs is 1. The summed E-state index contributed by atoms with van der Waals surface area (Å²) in [5, 5.41) is 12.2. The molecule has 0 fully saturated rings. The Morgan fingerprint density at radius 1 is 1.03 bits per heavy atom. The first-order chi connectivity index (χ1) is 14.3. The van der Waals surface area contributed by atoms with Gasteiger partial charge in [-0.15, -0.1) is 0 Å². The largest absolute Gasteiger partial charge is 0.480 e. The monoisotopic (exact) mass is 409 g/mol. The molecule has 0 bridgehead atoms. The quantitative estimate of drug-likeness (QED) is 0.548. The van der Waals surface area contributed by atoms with Crippen molar-refractivity contribution in [3.05, 3.63) is 81.0 Å². The Morgan fingerprint density at radius 2 is 1.67 bits per heavy atom. The highest BCUT2D eigenvalue weighted by atomic mass is 16.4. The standard InChI is InChI=1S/C22H23N3O5/c1-13(2)18(21(28)29)24-19(26)17(12-14-8-4-3-5-9-14)25-20(27)15-10-6-7-11-16(15)23-22(25)30/h3-11,13,17-18H,12H2,1-2H3,(H,23,30)(H,24,26)(H,28,29). The number of aliphatic carboxylic acids is 1. The van der Waals surface area contributed by atoms with Gasteiger partial charge in [0, 0.05) is 6.42 Å². The number of benzene rings is 2. The highest BCUT2D eigenvalue weighted by molar-refractivity contribution is 5.86. The van der Waals surface area contributed by atoms with Gasteiger partial charge in [0.25, 0.3) is 5.56 Å². The molecule has 1 heterocycles. The van der Waals surface area contributed by atoms with Crippen molar-refractivity contribution in [2.45, 2.75) is 32.4 Å². The van der Waals surface area contributed by atoms with E-state index >= 15 is 0 Å². The highest BCUT2D eigenvalue weighted by Gasteiger charge is 2.30. The van der Waals surface area contributed by atoms with Gasteiger partial charge in [-0.1, -0.05) is 56.3 Å². The second kappa shape index (κ2) is 8.77. The Balaban J connectivity index is 2.12. The number of carboxylic acids is 1. The van der Waals surface area contributed by atoms with E-state index in [0.717, 1.165) is 10.1 Å². The Labute approximate surface area is 172 Å². The molecule has 1 aromatic heterocycles. The fourth-order valence-corrected chi connectivity index (χ4v) is 3.36. The van der Waals surface area contributed by atoms with Gasteiger partial charge < -0.3 is 15.4 Å². The summed E-state index contributed by atoms with van der Waals surface area (Å²) in [7, 11) is 0. The lowest BCUT2D eigenvalue weighted by molar-refractivity contribution is -0.143. The van der Waals surface area contributed by atoms with Gasteiger partial charge in [-0.3, -0.25) is 9.59 Å². The lowest BCUT2D eigenvalue weighted by atomic mass is 10.0. The number of rotatable bonds is 7. The fourth-order valence-electron chi connectivity index (χ4n) is 3.36. The summed E-state index contributed by atoms with van der Waals surface area (Å²) < 4.78 is 0.865. The van der Waals surface area contributed by atoms with E-state index in [-0.39, 0.29) is 17.7 Å². The summed E-state index contributed by atoms with van der Waals surface area (Å²) >= 11 is 0. The molecule has 3 N–H and O–H groups in total. The van der Waals surface area contributed by atoms with Crippen molar-refractivity contribution in [2.24, 2.45) is 5.92 Å². The summed E-state index contributed by atoms with van der Waals surface area (Å²) in [6.07, 6.45) is 0.0540. The van der Waals surface area contributed by atoms with Gasteiger partial charge in [0.1, 0.15) is 12.1 Å². The van der Waals surface area contributed by atoms with Crippen LogP contribution in [0.5, 0.6) is 0 Å². The minimum absolute atomic E-state index is 0.0540. The third-order valence-corrected chi connectivity index (χ3v) is 4.95. The number of hydrogen-bond donors (Lipinski definition) is 3. The number of para-hydroxylation sites is 1. The molecular formula is C22H23N3O5. The number of carbonyl (C=O) groups is 2. The van der Waals surface area contributed by atoms with Crippen molar-refractivity contribution in [1.29, 1.82) is 0 Å². The maximum atomic E-state index is 13.1. The van der Waals surface area contributed by atoms with Crippen LogP contribution in [0.4, 0.5) is 0 Å². The zero-order valence-electron chi connectivity index (χ0n) is 16.7. The van der Waals surface area contributed by atoms with Crippen molar-refractivity contribution >= 4 is 22.8 Å². The predicted octanol–water partition coefficient (Wildman–Crippen LogP) is 1.70. The van der Waals surface area contributed by atoms with E-state index in [1.54, 1.807) is 62.4 Å². The van der Waals surface area contributed by atoms with Crippen molar-refractivity contribution in [3.8, 4) is 0 Å². The third kappa shape index (κ3) is 4.32. The van der Waals surface area contributed by atoms with Crippen LogP contribution in [0.1, 0.15) is 25.5 Å². The first-order valence-corrected chi connectivity index (χ1v) is 9.60. The van der Waals surface area contributed by atoms with E-state index in [0.29, 0.717) is 5.52 Å². The molecule has 3 rings (SSSR count). The van der Waals surface area contributed by atoms with Crippen molar-refractivity contribution in [1.82, 2.24) is 14.9 Å². The van der Waals surface area contributed by atoms with Crippen LogP contribution in [0.3, 0.4) is 0 Å². The maximum absolute atomic E-state index is 13.1. The Hall–Kier alpha value is -3.68. The first kappa shape index (κ1) is 21.0. The molecule has 156 valence electrons. The number of carboxylic acid groups (broad SMARTS) is 1. The van der Waals surface area contributed by atoms with Crippen LogP contribution in [0, 0.1) is 5.92 Å². The van der Waals surface area contributed by atoms with E-state index in [2.05, 4.69) is 10.3 Å². The minimum atomic E-state index is -1.21. The SMILES string of the molecule is CC(C)C(NC(=O)C(Cc1ccccc1)n1c(=O)[nH]c2ccccc2c1=O)C(=O)O. The number of aromatic nitrogens is 2. The van der Waals surface area contributed by atoms with Gasteiger partial charge in [-0.2, -0.15) is 0 Å². The Bertz CT molecular complexity index is 1180. The summed E-state index contributed by atoms with van der Waals surface area (Å²) in [5.74, 6) is -2.27. The molecule has 0 aliphatic heterocycles. The van der Waals surface area contributed by atoms with E-state index < -0.39 is 35.2 Å². The predicted molar refractivity (Wildman–Crippen MR) is 112 cm³/mol. The number of H-pyrrole nitrogens is 1. The second-order valence-corrected chi connectivity index (χ2v) is 7.42. The number of nitrogens with zero attached hydrogens (tertiary/aromatic N) is 1. The molecule has 8 nitrogen and oxygen atoms in total. The van der Waals surface area contributed by atoms with Gasteiger partial charge in [-0.05, 0) is 23.6 Å². The zero-order chi connectivity index (χ0) is 21.8. The third-order valence-electron chi connectivity index (χ3n) is 4.95. The average molecular weight is 409 g/mol. The summed E-state index contributed by atoms with van der Waals surface area (Å²) in [4.78, 5) is 53.1. The summed E-state index contributed by atoms with van der Waals surface area (Å²) in [6, 6.07) is 13.1. The van der Waals surface area contributed by atoms with E-state index in [1.807, 2.05) is 6.07 Å². The summed E-state index contributed by atoms with van der Waals surface area (Å²) in [6.45, 7) is 3.33. The average Bonchev–Trinajstić information content (AvgIpc) is 2.71. The molecule has 0 spiro atoms. The highest BCUT2D eigenvalue weighted by Crippen LogP contribution is 2.15. The Kier molecular flexibility index (Phi) is 6.15. The molecule has 3 aromatic rings. The molecule has 0 aliphatic carbocycles. The molecule has 2 unspecified atom stereocenters. The van der Waals surface area contributed by atoms with Crippen LogP contribution in [0.2, 0.25) is 0 Å². The molecule has 30 heavy (non-hydrogen) atoms. The van der Waals surface area contributed by atoms with Crippen molar-refractivity contribution < 1.29 is 14.7 Å². The number of hydrogen-bond acceptors (Lipinski definition) is 4. The van der Waals surface area contributed by atoms with Crippen molar-refractivity contribution in [2.75, 3.05) is 0 Å². The maximum Gasteiger partial charge on any atom is 0.329 e. The molecular weight excluding hydrogens is 386 g/mol. The molecule has 0 radical (unpaired) electrons. The van der Waals surface area contributed by atoms with Crippen LogP contribution < -0.4 is 16.6 Å². The normalized spacial score (nSPS) is 13.2. The molecule has 1 amide bonds. The van der Waals surface area contributed by atoms with Gasteiger partial charge in [0.05, 0.1) is 10.9 Å². The molecule has 0 saturated carbocycles. The van der Waals surface area contributed by atoms with Gasteiger partial charge in [-0.25, -0.2) is 14.2 Å². The van der Waals surface area contributed by atoms with Gasteiger partial charge in [0.15, 0.2) is 0 Å². The molecule has 0 aliphatic rings. The van der Waals surface area contributed by atoms with Crippen LogP contribution in [0.15, 0.2) is 64.2 Å². The van der Waals surface area contributed by atoms with E-state index in [4.69, 9.17) is 0 Å².